The van der Waals surface area contributed by atoms with Crippen LogP contribution in [0.2, 0.25) is 0 Å². The highest BCUT2D eigenvalue weighted by molar-refractivity contribution is 6.00. The fourth-order valence-electron chi connectivity index (χ4n) is 7.26. The van der Waals surface area contributed by atoms with Crippen molar-refractivity contribution in [2.24, 2.45) is 11.8 Å². The van der Waals surface area contributed by atoms with Gasteiger partial charge in [0.1, 0.15) is 11.6 Å². The molecular weight excluding hydrogens is 446 g/mol. The van der Waals surface area contributed by atoms with E-state index in [0.717, 1.165) is 32.1 Å². The van der Waals surface area contributed by atoms with Crippen LogP contribution in [0, 0.1) is 11.8 Å². The van der Waals surface area contributed by atoms with Gasteiger partial charge in [0.2, 0.25) is 17.7 Å². The smallest absolute Gasteiger partial charge is 0.249 e. The molecule has 0 bridgehead atoms. The lowest BCUT2D eigenvalue weighted by atomic mass is 9.74. The van der Waals surface area contributed by atoms with Gasteiger partial charge in [0.25, 0.3) is 0 Å². The molecule has 35 heavy (non-hydrogen) atoms. The number of aliphatic hydroxyl groups is 1. The Morgan fingerprint density at radius 1 is 0.971 bits per heavy atom. The van der Waals surface area contributed by atoms with E-state index >= 15 is 0 Å². The summed E-state index contributed by atoms with van der Waals surface area (Å²) in [6, 6.07) is -0.661. The molecule has 8 nitrogen and oxygen atoms in total. The van der Waals surface area contributed by atoms with Crippen molar-refractivity contribution >= 4 is 17.7 Å². The molecule has 0 aromatic carbocycles. The van der Waals surface area contributed by atoms with E-state index in [4.69, 9.17) is 4.74 Å². The summed E-state index contributed by atoms with van der Waals surface area (Å²) in [7, 11) is 0. The number of ether oxygens (including phenoxy) is 1. The number of nitrogens with zero attached hydrogens (tertiary/aromatic N) is 3. The lowest BCUT2D eigenvalue weighted by Crippen LogP contribution is -2.57. The molecule has 1 aliphatic carbocycles. The second kappa shape index (κ2) is 9.36. The Labute approximate surface area is 207 Å². The Morgan fingerprint density at radius 3 is 2.43 bits per heavy atom. The third-order valence-electron chi connectivity index (χ3n) is 8.74. The van der Waals surface area contributed by atoms with Crippen molar-refractivity contribution in [2.75, 3.05) is 32.8 Å². The van der Waals surface area contributed by atoms with Crippen LogP contribution in [-0.2, 0) is 19.1 Å². The molecule has 0 aromatic heterocycles. The number of likely N-dealkylation sites (tertiary alicyclic amines) is 1. The molecule has 8 heteroatoms. The Hall–Kier alpha value is -2.19. The predicted octanol–water partition coefficient (Wildman–Crippen LogP) is 1.88. The number of amides is 3. The zero-order valence-corrected chi connectivity index (χ0v) is 21.0. The topological polar surface area (TPSA) is 90.4 Å². The van der Waals surface area contributed by atoms with Crippen molar-refractivity contribution in [1.82, 2.24) is 14.7 Å². The summed E-state index contributed by atoms with van der Waals surface area (Å²) in [4.78, 5) is 47.5. The Bertz CT molecular complexity index is 928. The Balaban J connectivity index is 1.59. The first-order valence-corrected chi connectivity index (χ1v) is 13.4. The number of hydrogen-bond donors (Lipinski definition) is 1. The van der Waals surface area contributed by atoms with Gasteiger partial charge in [0.05, 0.1) is 17.4 Å². The lowest BCUT2D eigenvalue weighted by Gasteiger charge is -2.40. The average Bonchev–Trinajstić information content (AvgIpc) is 3.11. The molecule has 192 valence electrons. The van der Waals surface area contributed by atoms with Crippen molar-refractivity contribution in [3.05, 3.63) is 24.3 Å². The number of aliphatic hydroxyl groups excluding tert-OH is 1. The number of carbonyl (C=O) groups excluding carboxylic acids is 3. The molecule has 3 fully saturated rings. The fraction of sp³-hybridized carbons (Fsp3) is 0.741. The normalized spacial score (nSPS) is 37.4. The van der Waals surface area contributed by atoms with E-state index in [2.05, 4.69) is 0 Å². The van der Waals surface area contributed by atoms with Gasteiger partial charge in [-0.25, -0.2) is 0 Å². The maximum atomic E-state index is 14.2. The Morgan fingerprint density at radius 2 is 1.71 bits per heavy atom. The molecular formula is C27H39N3O5. The molecule has 0 aromatic rings. The van der Waals surface area contributed by atoms with Crippen LogP contribution in [0.5, 0.6) is 0 Å². The van der Waals surface area contributed by atoms with Gasteiger partial charge in [0.15, 0.2) is 0 Å². The molecule has 0 radical (unpaired) electrons. The van der Waals surface area contributed by atoms with Crippen LogP contribution in [0.1, 0.15) is 58.8 Å². The van der Waals surface area contributed by atoms with Gasteiger partial charge in [-0.2, -0.15) is 0 Å². The van der Waals surface area contributed by atoms with E-state index in [9.17, 15) is 19.5 Å². The van der Waals surface area contributed by atoms with Gasteiger partial charge >= 0.3 is 0 Å². The van der Waals surface area contributed by atoms with Crippen LogP contribution < -0.4 is 0 Å². The molecule has 1 N–H and O–H groups in total. The summed E-state index contributed by atoms with van der Waals surface area (Å²) in [6.07, 6.45) is 14.4. The van der Waals surface area contributed by atoms with Crippen molar-refractivity contribution < 1.29 is 24.2 Å². The average molecular weight is 486 g/mol. The molecule has 5 atom stereocenters. The second-order valence-electron chi connectivity index (χ2n) is 11.0. The highest BCUT2D eigenvalue weighted by Crippen LogP contribution is 2.57. The van der Waals surface area contributed by atoms with Crippen molar-refractivity contribution in [1.29, 1.82) is 0 Å². The standard InChI is InChI=1S/C27H39N3O5/c1-3-14-28-15-7-12-26(2)20(23(28)32)21-24(33)30(17-9-18-31)22-25(34)29(19-10-5-4-6-11-19)16-8-13-27(21,22)35-26/h7-8,12-13,19-22,31H,3-6,9-11,14-18H2,1-2H3/t20-,21+,22?,26+,27+/m1/s1. The van der Waals surface area contributed by atoms with Crippen LogP contribution in [0.25, 0.3) is 0 Å². The highest BCUT2D eigenvalue weighted by atomic mass is 16.5. The van der Waals surface area contributed by atoms with E-state index in [1.54, 1.807) is 4.90 Å². The summed E-state index contributed by atoms with van der Waals surface area (Å²) in [5, 5.41) is 9.54. The molecule has 1 spiro atoms. The van der Waals surface area contributed by atoms with Gasteiger partial charge in [-0.15, -0.1) is 0 Å². The van der Waals surface area contributed by atoms with Crippen molar-refractivity contribution in [2.45, 2.75) is 82.1 Å². The Kier molecular flexibility index (Phi) is 6.55. The monoisotopic (exact) mass is 485 g/mol. The molecule has 2 saturated heterocycles. The number of hydrogen-bond acceptors (Lipinski definition) is 5. The van der Waals surface area contributed by atoms with E-state index < -0.39 is 29.1 Å². The number of fused-ring (bicyclic) bond motifs is 2. The largest absolute Gasteiger partial charge is 0.396 e. The van der Waals surface area contributed by atoms with Gasteiger partial charge in [-0.05, 0) is 32.6 Å². The molecule has 1 saturated carbocycles. The van der Waals surface area contributed by atoms with Gasteiger partial charge in [-0.1, -0.05) is 50.5 Å². The second-order valence-corrected chi connectivity index (χ2v) is 11.0. The third kappa shape index (κ3) is 3.75. The molecule has 3 amide bonds. The van der Waals surface area contributed by atoms with Crippen LogP contribution in [-0.4, -0.2) is 93.6 Å². The van der Waals surface area contributed by atoms with Crippen LogP contribution in [0.4, 0.5) is 0 Å². The first-order valence-electron chi connectivity index (χ1n) is 13.4. The highest BCUT2D eigenvalue weighted by Gasteiger charge is 2.74. The van der Waals surface area contributed by atoms with Crippen molar-refractivity contribution in [3.63, 3.8) is 0 Å². The third-order valence-corrected chi connectivity index (χ3v) is 8.74. The maximum Gasteiger partial charge on any atom is 0.249 e. The first kappa shape index (κ1) is 24.5. The lowest BCUT2D eigenvalue weighted by molar-refractivity contribution is -0.154. The van der Waals surface area contributed by atoms with E-state index in [1.807, 2.05) is 48.0 Å². The number of carbonyl (C=O) groups is 3. The van der Waals surface area contributed by atoms with E-state index in [0.29, 0.717) is 26.1 Å². The minimum absolute atomic E-state index is 0.0709. The maximum absolute atomic E-state index is 14.2. The molecule has 5 aliphatic rings. The quantitative estimate of drug-likeness (QED) is 0.580. The van der Waals surface area contributed by atoms with Gasteiger partial charge < -0.3 is 24.5 Å². The van der Waals surface area contributed by atoms with Crippen LogP contribution >= 0.6 is 0 Å². The predicted molar refractivity (Wildman–Crippen MR) is 130 cm³/mol. The van der Waals surface area contributed by atoms with E-state index in [-0.39, 0.29) is 36.9 Å². The number of rotatable bonds is 6. The van der Waals surface area contributed by atoms with E-state index in [1.165, 1.54) is 6.42 Å². The van der Waals surface area contributed by atoms with Crippen LogP contribution in [0.3, 0.4) is 0 Å². The van der Waals surface area contributed by atoms with Gasteiger partial charge in [0, 0.05) is 38.8 Å². The molecule has 5 rings (SSSR count). The summed E-state index contributed by atoms with van der Waals surface area (Å²) in [6.45, 7) is 5.73. The van der Waals surface area contributed by atoms with Crippen LogP contribution in [0.15, 0.2) is 24.3 Å². The van der Waals surface area contributed by atoms with Crippen molar-refractivity contribution in [3.8, 4) is 0 Å². The minimum atomic E-state index is -1.19. The summed E-state index contributed by atoms with van der Waals surface area (Å²) in [5.41, 5.74) is -2.16. The first-order chi connectivity index (χ1) is 16.9. The summed E-state index contributed by atoms with van der Waals surface area (Å²) < 4.78 is 6.82. The summed E-state index contributed by atoms with van der Waals surface area (Å²) >= 11 is 0. The zero-order valence-electron chi connectivity index (χ0n) is 21.0. The zero-order chi connectivity index (χ0) is 24.8. The SMILES string of the molecule is CCCN1CC=C[C@]2(C)O[C@]34C=CCN(C5CCCCC5)C(=O)C3N(CCCO)C(=O)[C@@H]4[C@@H]2C1=O. The minimum Gasteiger partial charge on any atom is -0.396 e. The fourth-order valence-corrected chi connectivity index (χ4v) is 7.26. The molecule has 1 unspecified atom stereocenters. The molecule has 4 heterocycles. The molecule has 4 aliphatic heterocycles. The summed E-state index contributed by atoms with van der Waals surface area (Å²) in [5.74, 6) is -1.83. The van der Waals surface area contributed by atoms with Gasteiger partial charge in [-0.3, -0.25) is 14.4 Å².